The predicted molar refractivity (Wildman–Crippen MR) is 85.3 cm³/mol. The number of pyridine rings is 2. The van der Waals surface area contributed by atoms with Gasteiger partial charge in [0.05, 0.1) is 0 Å². The number of aromatic nitrogens is 2. The quantitative estimate of drug-likeness (QED) is 0.884. The Morgan fingerprint density at radius 1 is 1.29 bits per heavy atom. The average Bonchev–Trinajstić information content (AvgIpc) is 2.96. The van der Waals surface area contributed by atoms with Gasteiger partial charge in [-0.05, 0) is 55.5 Å². The summed E-state index contributed by atoms with van der Waals surface area (Å²) in [7, 11) is 0. The number of hydrogen-bond donors (Lipinski definition) is 1. The SMILES string of the molecule is CCCNC(Cc1cccnc1)C1CCc2cccnc21. The fourth-order valence-electron chi connectivity index (χ4n) is 3.29. The molecule has 3 heteroatoms. The van der Waals surface area contributed by atoms with Crippen molar-refractivity contribution in [3.63, 3.8) is 0 Å². The van der Waals surface area contributed by atoms with Gasteiger partial charge in [0.15, 0.2) is 0 Å². The van der Waals surface area contributed by atoms with Crippen LogP contribution in [-0.4, -0.2) is 22.6 Å². The maximum Gasteiger partial charge on any atom is 0.0482 e. The molecule has 2 atom stereocenters. The van der Waals surface area contributed by atoms with Crippen molar-refractivity contribution < 1.29 is 0 Å². The number of fused-ring (bicyclic) bond motifs is 1. The fourth-order valence-corrected chi connectivity index (χ4v) is 3.29. The second-order valence-corrected chi connectivity index (χ2v) is 5.82. The van der Waals surface area contributed by atoms with Crippen LogP contribution in [0.5, 0.6) is 0 Å². The monoisotopic (exact) mass is 281 g/mol. The van der Waals surface area contributed by atoms with Crippen molar-refractivity contribution in [2.45, 2.75) is 44.6 Å². The summed E-state index contributed by atoms with van der Waals surface area (Å²) in [6.07, 6.45) is 10.3. The van der Waals surface area contributed by atoms with Gasteiger partial charge in [-0.25, -0.2) is 0 Å². The highest BCUT2D eigenvalue weighted by Crippen LogP contribution is 2.34. The van der Waals surface area contributed by atoms with Crippen LogP contribution < -0.4 is 5.32 Å². The molecule has 0 aromatic carbocycles. The second-order valence-electron chi connectivity index (χ2n) is 5.82. The summed E-state index contributed by atoms with van der Waals surface area (Å²) in [5, 5.41) is 3.73. The molecule has 0 spiro atoms. The Morgan fingerprint density at radius 2 is 2.19 bits per heavy atom. The van der Waals surface area contributed by atoms with Crippen molar-refractivity contribution in [3.05, 3.63) is 59.7 Å². The third kappa shape index (κ3) is 3.30. The zero-order valence-corrected chi connectivity index (χ0v) is 12.6. The van der Waals surface area contributed by atoms with E-state index in [2.05, 4.69) is 40.4 Å². The topological polar surface area (TPSA) is 37.8 Å². The van der Waals surface area contributed by atoms with Crippen LogP contribution in [0.1, 0.15) is 42.5 Å². The van der Waals surface area contributed by atoms with E-state index in [1.165, 1.54) is 23.2 Å². The van der Waals surface area contributed by atoms with Crippen LogP contribution in [0, 0.1) is 0 Å². The Kier molecular flexibility index (Phi) is 4.61. The Morgan fingerprint density at radius 3 is 3.00 bits per heavy atom. The lowest BCUT2D eigenvalue weighted by Gasteiger charge is -2.25. The summed E-state index contributed by atoms with van der Waals surface area (Å²) in [6, 6.07) is 8.92. The van der Waals surface area contributed by atoms with Crippen molar-refractivity contribution in [3.8, 4) is 0 Å². The summed E-state index contributed by atoms with van der Waals surface area (Å²) in [4.78, 5) is 8.90. The van der Waals surface area contributed by atoms with Gasteiger partial charge in [0, 0.05) is 36.2 Å². The molecule has 2 aromatic rings. The molecule has 21 heavy (non-hydrogen) atoms. The molecular formula is C18H23N3. The van der Waals surface area contributed by atoms with Crippen LogP contribution in [0.4, 0.5) is 0 Å². The lowest BCUT2D eigenvalue weighted by atomic mass is 9.91. The van der Waals surface area contributed by atoms with E-state index in [4.69, 9.17) is 0 Å². The van der Waals surface area contributed by atoms with Gasteiger partial charge < -0.3 is 5.32 Å². The maximum absolute atomic E-state index is 4.66. The molecule has 2 heterocycles. The van der Waals surface area contributed by atoms with Crippen molar-refractivity contribution >= 4 is 0 Å². The molecule has 0 aliphatic heterocycles. The third-order valence-electron chi connectivity index (χ3n) is 4.32. The van der Waals surface area contributed by atoms with Gasteiger partial charge in [0.25, 0.3) is 0 Å². The van der Waals surface area contributed by atoms with Gasteiger partial charge in [0.1, 0.15) is 0 Å². The predicted octanol–water partition coefficient (Wildman–Crippen LogP) is 3.12. The molecule has 0 saturated carbocycles. The van der Waals surface area contributed by atoms with E-state index >= 15 is 0 Å². The highest BCUT2D eigenvalue weighted by molar-refractivity contribution is 5.30. The molecule has 0 bridgehead atoms. The minimum Gasteiger partial charge on any atom is -0.313 e. The van der Waals surface area contributed by atoms with Gasteiger partial charge in [-0.3, -0.25) is 9.97 Å². The molecule has 0 fully saturated rings. The third-order valence-corrected chi connectivity index (χ3v) is 4.32. The second kappa shape index (κ2) is 6.81. The Hall–Kier alpha value is -1.74. The maximum atomic E-state index is 4.66. The van der Waals surface area contributed by atoms with Crippen LogP contribution in [0.25, 0.3) is 0 Å². The van der Waals surface area contributed by atoms with E-state index < -0.39 is 0 Å². The average molecular weight is 281 g/mol. The van der Waals surface area contributed by atoms with E-state index in [0.29, 0.717) is 12.0 Å². The van der Waals surface area contributed by atoms with Gasteiger partial charge in [0.2, 0.25) is 0 Å². The van der Waals surface area contributed by atoms with Gasteiger partial charge in [-0.2, -0.15) is 0 Å². The molecule has 110 valence electrons. The Bertz CT molecular complexity index is 568. The molecule has 3 rings (SSSR count). The highest BCUT2D eigenvalue weighted by atomic mass is 14.9. The molecule has 1 aliphatic rings. The largest absolute Gasteiger partial charge is 0.313 e. The van der Waals surface area contributed by atoms with E-state index in [1.807, 2.05) is 24.7 Å². The van der Waals surface area contributed by atoms with Crippen LogP contribution in [0.3, 0.4) is 0 Å². The van der Waals surface area contributed by atoms with Crippen LogP contribution >= 0.6 is 0 Å². The Balaban J connectivity index is 1.80. The van der Waals surface area contributed by atoms with Crippen molar-refractivity contribution in [1.29, 1.82) is 0 Å². The molecule has 0 radical (unpaired) electrons. The molecule has 0 saturated heterocycles. The van der Waals surface area contributed by atoms with E-state index in [1.54, 1.807) is 0 Å². The minimum absolute atomic E-state index is 0.449. The first-order valence-electron chi connectivity index (χ1n) is 7.94. The minimum atomic E-state index is 0.449. The summed E-state index contributed by atoms with van der Waals surface area (Å²) < 4.78 is 0. The van der Waals surface area contributed by atoms with Crippen LogP contribution in [0.15, 0.2) is 42.9 Å². The molecule has 2 aromatic heterocycles. The van der Waals surface area contributed by atoms with Gasteiger partial charge in [-0.15, -0.1) is 0 Å². The molecule has 3 nitrogen and oxygen atoms in total. The smallest absolute Gasteiger partial charge is 0.0482 e. The standard InChI is InChI=1S/C18H23N3/c1-2-9-20-17(12-14-5-3-10-19-13-14)16-8-7-15-6-4-11-21-18(15)16/h3-6,10-11,13,16-17,20H,2,7-9,12H2,1H3. The number of nitrogens with zero attached hydrogens (tertiary/aromatic N) is 2. The van der Waals surface area contributed by atoms with Crippen LogP contribution in [0.2, 0.25) is 0 Å². The first-order chi connectivity index (χ1) is 10.4. The van der Waals surface area contributed by atoms with E-state index in [0.717, 1.165) is 25.8 Å². The van der Waals surface area contributed by atoms with Crippen molar-refractivity contribution in [2.75, 3.05) is 6.54 Å². The zero-order valence-electron chi connectivity index (χ0n) is 12.6. The molecule has 0 amide bonds. The Labute approximate surface area is 126 Å². The van der Waals surface area contributed by atoms with Gasteiger partial charge >= 0.3 is 0 Å². The first-order valence-corrected chi connectivity index (χ1v) is 7.94. The van der Waals surface area contributed by atoms with Gasteiger partial charge in [-0.1, -0.05) is 19.1 Å². The lowest BCUT2D eigenvalue weighted by molar-refractivity contribution is 0.420. The number of aryl methyl sites for hydroxylation is 1. The van der Waals surface area contributed by atoms with Crippen molar-refractivity contribution in [1.82, 2.24) is 15.3 Å². The lowest BCUT2D eigenvalue weighted by Crippen LogP contribution is -2.37. The zero-order chi connectivity index (χ0) is 14.5. The first kappa shape index (κ1) is 14.2. The molecular weight excluding hydrogens is 258 g/mol. The molecule has 1 aliphatic carbocycles. The molecule has 1 N–H and O–H groups in total. The van der Waals surface area contributed by atoms with E-state index in [9.17, 15) is 0 Å². The van der Waals surface area contributed by atoms with Crippen LogP contribution in [-0.2, 0) is 12.8 Å². The number of nitrogens with one attached hydrogen (secondary N) is 1. The fraction of sp³-hybridized carbons (Fsp3) is 0.444. The number of hydrogen-bond acceptors (Lipinski definition) is 3. The van der Waals surface area contributed by atoms with E-state index in [-0.39, 0.29) is 0 Å². The normalized spacial score (nSPS) is 18.4. The summed E-state index contributed by atoms with van der Waals surface area (Å²) in [6.45, 7) is 3.28. The number of rotatable bonds is 6. The molecule has 2 unspecified atom stereocenters. The summed E-state index contributed by atoms with van der Waals surface area (Å²) in [5.74, 6) is 0.521. The summed E-state index contributed by atoms with van der Waals surface area (Å²) in [5.41, 5.74) is 4.03. The van der Waals surface area contributed by atoms with Crippen molar-refractivity contribution in [2.24, 2.45) is 0 Å². The highest BCUT2D eigenvalue weighted by Gasteiger charge is 2.30. The summed E-state index contributed by atoms with van der Waals surface area (Å²) >= 11 is 0.